The lowest BCUT2D eigenvalue weighted by Gasteiger charge is -2.17. The van der Waals surface area contributed by atoms with Crippen LogP contribution in [0.15, 0.2) is 93.7 Å². The van der Waals surface area contributed by atoms with Crippen LogP contribution in [0.5, 0.6) is 0 Å². The third-order valence-corrected chi connectivity index (χ3v) is 8.75. The maximum Gasteiger partial charge on any atom is 0.283 e. The summed E-state index contributed by atoms with van der Waals surface area (Å²) in [5.74, 6) is 0.126. The van der Waals surface area contributed by atoms with Crippen LogP contribution in [0.3, 0.4) is 0 Å². The Kier molecular flexibility index (Phi) is 6.90. The highest BCUT2D eigenvalue weighted by atomic mass is 32.2. The number of hydrogen-bond acceptors (Lipinski definition) is 6. The molecule has 0 radical (unpaired) electrons. The van der Waals surface area contributed by atoms with E-state index >= 15 is 0 Å². The van der Waals surface area contributed by atoms with Crippen LogP contribution in [-0.4, -0.2) is 27.8 Å². The summed E-state index contributed by atoms with van der Waals surface area (Å²) in [5, 5.41) is 2.38. The number of nitrogens with one attached hydrogen (secondary N) is 1. The van der Waals surface area contributed by atoms with E-state index in [9.17, 15) is 9.59 Å². The standard InChI is InChI=1S/C28H27N5O2S2/c1-5-17-32-26(35)23(28-31(6-2)18(3)19(4)36-28)37-27(32)22-24(29-20-13-9-7-10-14-20)30-33(25(22)34)21-15-11-8-12-16-21/h5,7-16H,1,6,17H2,2-4H3,(H,29,30). The topological polar surface area (TPSA) is 69.9 Å². The van der Waals surface area contributed by atoms with Crippen LogP contribution < -0.4 is 25.2 Å². The summed E-state index contributed by atoms with van der Waals surface area (Å²) in [6, 6.07) is 18.8. The third-order valence-electron chi connectivity index (χ3n) is 6.21. The molecule has 37 heavy (non-hydrogen) atoms. The Balaban J connectivity index is 1.82. The number of allylic oxidation sites excluding steroid dienone is 3. The second kappa shape index (κ2) is 10.3. The van der Waals surface area contributed by atoms with Gasteiger partial charge >= 0.3 is 0 Å². The van der Waals surface area contributed by atoms with E-state index in [1.807, 2.05) is 60.7 Å². The zero-order chi connectivity index (χ0) is 26.1. The number of nitrogens with zero attached hydrogens (tertiary/aromatic N) is 4. The van der Waals surface area contributed by atoms with E-state index in [1.165, 1.54) is 16.3 Å². The number of benzene rings is 2. The zero-order valence-electron chi connectivity index (χ0n) is 20.9. The summed E-state index contributed by atoms with van der Waals surface area (Å²) in [4.78, 5) is 35.8. The predicted octanol–water partition coefficient (Wildman–Crippen LogP) is 3.91. The highest BCUT2D eigenvalue weighted by molar-refractivity contribution is 8.11. The third kappa shape index (κ3) is 4.45. The van der Waals surface area contributed by atoms with Gasteiger partial charge in [-0.05, 0) is 45.0 Å². The first kappa shape index (κ1) is 24.9. The van der Waals surface area contributed by atoms with Gasteiger partial charge in [-0.1, -0.05) is 54.2 Å². The van der Waals surface area contributed by atoms with Crippen molar-refractivity contribution in [3.8, 4) is 0 Å². The van der Waals surface area contributed by atoms with Crippen molar-refractivity contribution < 1.29 is 4.79 Å². The van der Waals surface area contributed by atoms with Gasteiger partial charge in [0, 0.05) is 23.7 Å². The summed E-state index contributed by atoms with van der Waals surface area (Å²) in [5.41, 5.74) is 5.93. The van der Waals surface area contributed by atoms with E-state index in [0.29, 0.717) is 32.0 Å². The van der Waals surface area contributed by atoms with Gasteiger partial charge in [0.05, 0.1) is 11.4 Å². The maximum atomic E-state index is 13.9. The van der Waals surface area contributed by atoms with E-state index in [-0.39, 0.29) is 18.0 Å². The van der Waals surface area contributed by atoms with Gasteiger partial charge in [-0.3, -0.25) is 19.6 Å². The van der Waals surface area contributed by atoms with Gasteiger partial charge < -0.3 is 4.90 Å². The molecule has 1 amide bonds. The number of carbonyl (C=O) groups is 1. The number of hydrazine groups is 1. The van der Waals surface area contributed by atoms with E-state index in [4.69, 9.17) is 4.99 Å². The van der Waals surface area contributed by atoms with Gasteiger partial charge in [-0.2, -0.15) is 0 Å². The number of anilines is 1. The molecule has 1 saturated heterocycles. The minimum absolute atomic E-state index is 0.138. The van der Waals surface area contributed by atoms with Crippen LogP contribution in [0.1, 0.15) is 20.8 Å². The Labute approximate surface area is 223 Å². The molecule has 0 aliphatic carbocycles. The first-order valence-electron chi connectivity index (χ1n) is 12.0. The Morgan fingerprint density at radius 3 is 2.35 bits per heavy atom. The fourth-order valence-corrected chi connectivity index (χ4v) is 6.78. The molecule has 1 N–H and O–H groups in total. The monoisotopic (exact) mass is 529 g/mol. The number of thiazole rings is 1. The van der Waals surface area contributed by atoms with Crippen LogP contribution in [0, 0.1) is 0 Å². The van der Waals surface area contributed by atoms with Gasteiger partial charge in [0.15, 0.2) is 5.84 Å². The number of amides is 1. The Bertz CT molecular complexity index is 1620. The average Bonchev–Trinajstić information content (AvgIpc) is 3.51. The number of rotatable bonds is 5. The van der Waals surface area contributed by atoms with Crippen molar-refractivity contribution in [3.05, 3.63) is 103 Å². The molecule has 1 aromatic heterocycles. The van der Waals surface area contributed by atoms with Crippen LogP contribution in [0.25, 0.3) is 10.6 Å². The Morgan fingerprint density at radius 1 is 1.03 bits per heavy atom. The molecule has 1 fully saturated rings. The van der Waals surface area contributed by atoms with E-state index in [0.717, 1.165) is 22.2 Å². The second-order valence-electron chi connectivity index (χ2n) is 8.49. The molecule has 2 aliphatic heterocycles. The van der Waals surface area contributed by atoms with E-state index in [2.05, 4.69) is 37.7 Å². The fourth-order valence-electron chi connectivity index (χ4n) is 4.28. The summed E-state index contributed by atoms with van der Waals surface area (Å²) in [6.45, 7) is 11.1. The molecule has 7 nitrogen and oxygen atoms in total. The molecule has 0 atom stereocenters. The molecule has 2 aromatic carbocycles. The van der Waals surface area contributed by atoms with Crippen LogP contribution >= 0.6 is 23.1 Å². The number of carbonyl (C=O) groups excluding carboxylic acids is 1. The molecule has 3 heterocycles. The van der Waals surface area contributed by atoms with Crippen molar-refractivity contribution in [2.24, 2.45) is 4.99 Å². The maximum absolute atomic E-state index is 13.9. The number of hydrogen-bond donors (Lipinski definition) is 1. The molecule has 3 aromatic rings. The van der Waals surface area contributed by atoms with Crippen molar-refractivity contribution >= 4 is 56.8 Å². The molecular formula is C28H27N5O2S2. The first-order valence-corrected chi connectivity index (χ1v) is 13.6. The quantitative estimate of drug-likeness (QED) is 0.508. The average molecular weight is 530 g/mol. The number of thioether (sulfide) groups is 1. The molecule has 9 heteroatoms. The summed E-state index contributed by atoms with van der Waals surface area (Å²) >= 11 is 2.93. The van der Waals surface area contributed by atoms with Crippen LogP contribution in [0.2, 0.25) is 0 Å². The minimum Gasteiger partial charge on any atom is -0.338 e. The lowest BCUT2D eigenvalue weighted by atomic mass is 10.2. The van der Waals surface area contributed by atoms with Crippen LogP contribution in [-0.2, 0) is 11.3 Å². The molecule has 0 spiro atoms. The van der Waals surface area contributed by atoms with Gasteiger partial charge in [0.1, 0.15) is 19.8 Å². The fraction of sp³-hybridized carbons (Fsp3) is 0.179. The zero-order valence-corrected chi connectivity index (χ0v) is 22.5. The van der Waals surface area contributed by atoms with Gasteiger partial charge in [-0.25, -0.2) is 10.0 Å². The molecule has 188 valence electrons. The second-order valence-corrected chi connectivity index (χ2v) is 10.7. The predicted molar refractivity (Wildman–Crippen MR) is 154 cm³/mol. The van der Waals surface area contributed by atoms with E-state index in [1.54, 1.807) is 22.4 Å². The normalized spacial score (nSPS) is 19.8. The van der Waals surface area contributed by atoms with Crippen molar-refractivity contribution in [2.75, 3.05) is 11.6 Å². The molecule has 0 bridgehead atoms. The summed E-state index contributed by atoms with van der Waals surface area (Å²) < 4.78 is 2.79. The summed E-state index contributed by atoms with van der Waals surface area (Å²) in [6.07, 6.45) is 1.68. The van der Waals surface area contributed by atoms with Crippen molar-refractivity contribution in [3.63, 3.8) is 0 Å². The molecule has 0 unspecified atom stereocenters. The lowest BCUT2D eigenvalue weighted by Crippen LogP contribution is -2.36. The Morgan fingerprint density at radius 2 is 1.70 bits per heavy atom. The van der Waals surface area contributed by atoms with Gasteiger partial charge in [0.25, 0.3) is 11.5 Å². The molecule has 5 rings (SSSR count). The van der Waals surface area contributed by atoms with Crippen molar-refractivity contribution in [1.82, 2.24) is 14.9 Å². The minimum atomic E-state index is -0.270. The molecular weight excluding hydrogens is 502 g/mol. The SMILES string of the molecule is C=CCn1c(=C2C(=O)N(c3ccccc3)NC2=Nc2ccccc2)sc(=C2SC(C)=C(C)N2CC)c1=O. The summed E-state index contributed by atoms with van der Waals surface area (Å²) in [7, 11) is 0. The van der Waals surface area contributed by atoms with Gasteiger partial charge in [0.2, 0.25) is 0 Å². The number of amidine groups is 1. The van der Waals surface area contributed by atoms with E-state index < -0.39 is 0 Å². The molecule has 0 saturated carbocycles. The number of aliphatic imine (C=N–C) groups is 1. The largest absolute Gasteiger partial charge is 0.338 e. The van der Waals surface area contributed by atoms with Crippen molar-refractivity contribution in [1.29, 1.82) is 0 Å². The lowest BCUT2D eigenvalue weighted by molar-refractivity contribution is -0.113. The highest BCUT2D eigenvalue weighted by Crippen LogP contribution is 2.40. The number of para-hydroxylation sites is 2. The Hall–Kier alpha value is -3.82. The highest BCUT2D eigenvalue weighted by Gasteiger charge is 2.35. The first-order chi connectivity index (χ1) is 17.9. The smallest absolute Gasteiger partial charge is 0.283 e. The van der Waals surface area contributed by atoms with Crippen LogP contribution in [0.4, 0.5) is 11.4 Å². The van der Waals surface area contributed by atoms with Gasteiger partial charge in [-0.15, -0.1) is 17.9 Å². The van der Waals surface area contributed by atoms with Crippen molar-refractivity contribution in [2.45, 2.75) is 27.3 Å². The number of aromatic nitrogens is 1. The molecule has 2 aliphatic rings.